The van der Waals surface area contributed by atoms with Gasteiger partial charge in [-0.25, -0.2) is 0 Å². The third-order valence-corrected chi connectivity index (χ3v) is 3.43. The summed E-state index contributed by atoms with van der Waals surface area (Å²) in [5.74, 6) is 0.0801. The Balaban J connectivity index is 2.18. The molecule has 2 heterocycles. The van der Waals surface area contributed by atoms with E-state index in [9.17, 15) is 4.79 Å². The topological polar surface area (TPSA) is 48.5 Å². The van der Waals surface area contributed by atoms with Crippen LogP contribution >= 0.6 is 0 Å². The summed E-state index contributed by atoms with van der Waals surface area (Å²) in [6.07, 6.45) is 1.69. The quantitative estimate of drug-likeness (QED) is 0.889. The number of aromatic nitrogens is 1. The molecule has 1 amide bonds. The molecule has 0 saturated carbocycles. The Morgan fingerprint density at radius 2 is 2.05 bits per heavy atom. The van der Waals surface area contributed by atoms with E-state index in [1.807, 2.05) is 24.8 Å². The summed E-state index contributed by atoms with van der Waals surface area (Å²) < 4.78 is 0. The average molecular weight is 262 g/mol. The summed E-state index contributed by atoms with van der Waals surface area (Å²) in [6.45, 7) is 8.20. The molecule has 1 aliphatic rings. The molecule has 2 rings (SSSR count). The van der Waals surface area contributed by atoms with Gasteiger partial charge in [0.1, 0.15) is 0 Å². The van der Waals surface area contributed by atoms with Crippen LogP contribution in [0.3, 0.4) is 0 Å². The Kier molecular flexibility index (Phi) is 4.37. The van der Waals surface area contributed by atoms with Gasteiger partial charge in [0.05, 0.1) is 11.3 Å². The van der Waals surface area contributed by atoms with Gasteiger partial charge in [-0.2, -0.15) is 0 Å². The SMILES string of the molecule is CCNc1cc(C)ncc1C(=O)N1CCN(C)CC1. The van der Waals surface area contributed by atoms with Gasteiger partial charge >= 0.3 is 0 Å². The van der Waals surface area contributed by atoms with Crippen molar-refractivity contribution in [2.75, 3.05) is 45.1 Å². The van der Waals surface area contributed by atoms with Crippen LogP contribution in [-0.4, -0.2) is 60.5 Å². The van der Waals surface area contributed by atoms with Gasteiger partial charge in [0.2, 0.25) is 0 Å². The molecular formula is C14H22N4O. The highest BCUT2D eigenvalue weighted by Gasteiger charge is 2.22. The summed E-state index contributed by atoms with van der Waals surface area (Å²) in [5.41, 5.74) is 2.49. The maximum absolute atomic E-state index is 12.5. The fourth-order valence-corrected chi connectivity index (χ4v) is 2.25. The number of piperazine rings is 1. The summed E-state index contributed by atoms with van der Waals surface area (Å²) in [7, 11) is 2.08. The molecule has 1 aliphatic heterocycles. The minimum absolute atomic E-state index is 0.0801. The lowest BCUT2D eigenvalue weighted by atomic mass is 10.1. The smallest absolute Gasteiger partial charge is 0.257 e. The second-order valence-corrected chi connectivity index (χ2v) is 5.00. The first-order valence-electron chi connectivity index (χ1n) is 6.80. The summed E-state index contributed by atoms with van der Waals surface area (Å²) >= 11 is 0. The van der Waals surface area contributed by atoms with Crippen molar-refractivity contribution < 1.29 is 4.79 Å². The van der Waals surface area contributed by atoms with Crippen molar-refractivity contribution in [1.82, 2.24) is 14.8 Å². The molecule has 0 radical (unpaired) electrons. The van der Waals surface area contributed by atoms with E-state index in [1.165, 1.54) is 0 Å². The van der Waals surface area contributed by atoms with Crippen LogP contribution in [0.5, 0.6) is 0 Å². The normalized spacial score (nSPS) is 16.5. The van der Waals surface area contributed by atoms with Crippen molar-refractivity contribution in [1.29, 1.82) is 0 Å². The summed E-state index contributed by atoms with van der Waals surface area (Å²) in [5, 5.41) is 3.25. The molecule has 1 N–H and O–H groups in total. The van der Waals surface area contributed by atoms with Crippen molar-refractivity contribution in [3.05, 3.63) is 23.5 Å². The fourth-order valence-electron chi connectivity index (χ4n) is 2.25. The number of likely N-dealkylation sites (N-methyl/N-ethyl adjacent to an activating group) is 1. The van der Waals surface area contributed by atoms with E-state index in [4.69, 9.17) is 0 Å². The van der Waals surface area contributed by atoms with Crippen LogP contribution < -0.4 is 5.32 Å². The van der Waals surface area contributed by atoms with Gasteiger partial charge in [-0.3, -0.25) is 9.78 Å². The molecule has 0 bridgehead atoms. The monoisotopic (exact) mass is 262 g/mol. The molecule has 104 valence electrons. The number of pyridine rings is 1. The third kappa shape index (κ3) is 3.23. The molecule has 1 saturated heterocycles. The molecule has 0 atom stereocenters. The molecule has 19 heavy (non-hydrogen) atoms. The van der Waals surface area contributed by atoms with Crippen molar-refractivity contribution in [2.24, 2.45) is 0 Å². The largest absolute Gasteiger partial charge is 0.385 e. The van der Waals surface area contributed by atoms with E-state index in [0.29, 0.717) is 5.56 Å². The lowest BCUT2D eigenvalue weighted by Gasteiger charge is -2.32. The van der Waals surface area contributed by atoms with Crippen LogP contribution in [-0.2, 0) is 0 Å². The van der Waals surface area contributed by atoms with Crippen molar-refractivity contribution in [3.8, 4) is 0 Å². The van der Waals surface area contributed by atoms with E-state index in [-0.39, 0.29) is 5.91 Å². The number of rotatable bonds is 3. The molecule has 5 heteroatoms. The number of carbonyl (C=O) groups is 1. The predicted octanol–water partition coefficient (Wildman–Crippen LogP) is 1.21. The van der Waals surface area contributed by atoms with Gasteiger partial charge in [0.15, 0.2) is 0 Å². The van der Waals surface area contributed by atoms with Crippen LogP contribution in [0.1, 0.15) is 23.0 Å². The molecule has 1 aromatic heterocycles. The number of carbonyl (C=O) groups excluding carboxylic acids is 1. The average Bonchev–Trinajstić information content (AvgIpc) is 2.39. The Bertz CT molecular complexity index is 453. The number of anilines is 1. The summed E-state index contributed by atoms with van der Waals surface area (Å²) in [6, 6.07) is 1.94. The zero-order valence-electron chi connectivity index (χ0n) is 11.9. The molecule has 0 aromatic carbocycles. The van der Waals surface area contributed by atoms with Crippen molar-refractivity contribution in [2.45, 2.75) is 13.8 Å². The second-order valence-electron chi connectivity index (χ2n) is 5.00. The van der Waals surface area contributed by atoms with Crippen LogP contribution in [0.4, 0.5) is 5.69 Å². The number of amides is 1. The minimum atomic E-state index is 0.0801. The van der Waals surface area contributed by atoms with Crippen LogP contribution in [0.2, 0.25) is 0 Å². The summed E-state index contributed by atoms with van der Waals surface area (Å²) in [4.78, 5) is 20.9. The first-order chi connectivity index (χ1) is 9.11. The van der Waals surface area contributed by atoms with E-state index >= 15 is 0 Å². The second kappa shape index (κ2) is 6.02. The van der Waals surface area contributed by atoms with E-state index in [2.05, 4.69) is 22.2 Å². The zero-order valence-corrected chi connectivity index (χ0v) is 11.9. The van der Waals surface area contributed by atoms with Gasteiger partial charge < -0.3 is 15.1 Å². The Hall–Kier alpha value is -1.62. The van der Waals surface area contributed by atoms with E-state index in [0.717, 1.165) is 44.1 Å². The van der Waals surface area contributed by atoms with Crippen LogP contribution in [0.15, 0.2) is 12.3 Å². The lowest BCUT2D eigenvalue weighted by molar-refractivity contribution is 0.0664. The molecule has 5 nitrogen and oxygen atoms in total. The number of nitrogens with one attached hydrogen (secondary N) is 1. The highest BCUT2D eigenvalue weighted by molar-refractivity contribution is 5.99. The highest BCUT2D eigenvalue weighted by Crippen LogP contribution is 2.18. The number of hydrogen-bond donors (Lipinski definition) is 1. The number of hydrogen-bond acceptors (Lipinski definition) is 4. The molecule has 1 aromatic rings. The Labute approximate surface area is 114 Å². The maximum atomic E-state index is 12.5. The molecule has 1 fully saturated rings. The molecular weight excluding hydrogens is 240 g/mol. The minimum Gasteiger partial charge on any atom is -0.385 e. The molecule has 0 unspecified atom stereocenters. The van der Waals surface area contributed by atoms with Crippen molar-refractivity contribution in [3.63, 3.8) is 0 Å². The standard InChI is InChI=1S/C14H22N4O/c1-4-15-13-9-11(2)16-10-12(13)14(19)18-7-5-17(3)6-8-18/h9-10H,4-8H2,1-3H3,(H,15,16). The Morgan fingerprint density at radius 1 is 1.37 bits per heavy atom. The van der Waals surface area contributed by atoms with Gasteiger partial charge in [0, 0.05) is 44.6 Å². The molecule has 0 spiro atoms. The third-order valence-electron chi connectivity index (χ3n) is 3.43. The zero-order chi connectivity index (χ0) is 13.8. The lowest BCUT2D eigenvalue weighted by Crippen LogP contribution is -2.47. The predicted molar refractivity (Wildman–Crippen MR) is 76.5 cm³/mol. The number of aryl methyl sites for hydroxylation is 1. The number of nitrogens with zero attached hydrogens (tertiary/aromatic N) is 3. The maximum Gasteiger partial charge on any atom is 0.257 e. The first kappa shape index (κ1) is 13.8. The van der Waals surface area contributed by atoms with Crippen molar-refractivity contribution >= 4 is 11.6 Å². The van der Waals surface area contributed by atoms with Gasteiger partial charge in [-0.15, -0.1) is 0 Å². The van der Waals surface area contributed by atoms with E-state index < -0.39 is 0 Å². The van der Waals surface area contributed by atoms with Crippen LogP contribution in [0.25, 0.3) is 0 Å². The Morgan fingerprint density at radius 3 is 2.68 bits per heavy atom. The first-order valence-corrected chi connectivity index (χ1v) is 6.80. The highest BCUT2D eigenvalue weighted by atomic mass is 16.2. The van der Waals surface area contributed by atoms with E-state index in [1.54, 1.807) is 6.20 Å². The van der Waals surface area contributed by atoms with Gasteiger partial charge in [0.25, 0.3) is 5.91 Å². The van der Waals surface area contributed by atoms with Gasteiger partial charge in [-0.05, 0) is 27.0 Å². The van der Waals surface area contributed by atoms with Crippen LogP contribution in [0, 0.1) is 6.92 Å². The fraction of sp³-hybridized carbons (Fsp3) is 0.571. The molecule has 0 aliphatic carbocycles. The van der Waals surface area contributed by atoms with Gasteiger partial charge in [-0.1, -0.05) is 0 Å².